The van der Waals surface area contributed by atoms with Crippen molar-refractivity contribution in [1.82, 2.24) is 20.6 Å². The van der Waals surface area contributed by atoms with Crippen LogP contribution in [0.2, 0.25) is 0 Å². The van der Waals surface area contributed by atoms with Gasteiger partial charge in [0, 0.05) is 12.6 Å². The highest BCUT2D eigenvalue weighted by Crippen LogP contribution is 2.30. The fourth-order valence-corrected chi connectivity index (χ4v) is 4.08. The van der Waals surface area contributed by atoms with Crippen LogP contribution in [0.25, 0.3) is 0 Å². The van der Waals surface area contributed by atoms with Crippen molar-refractivity contribution in [3.8, 4) is 0 Å². The lowest BCUT2D eigenvalue weighted by molar-refractivity contribution is -0.145. The van der Waals surface area contributed by atoms with Crippen molar-refractivity contribution in [2.75, 3.05) is 26.2 Å². The Kier molecular flexibility index (Phi) is 6.37. The van der Waals surface area contributed by atoms with E-state index >= 15 is 0 Å². The molecule has 0 aromatic rings. The molecule has 12 nitrogen and oxygen atoms in total. The number of rotatable bonds is 7. The van der Waals surface area contributed by atoms with Crippen LogP contribution in [-0.4, -0.2) is 85.2 Å². The molecule has 3 N–H and O–H groups in total. The van der Waals surface area contributed by atoms with Crippen LogP contribution in [0.4, 0.5) is 4.79 Å². The lowest BCUT2D eigenvalue weighted by Gasteiger charge is -2.29. The zero-order valence-corrected chi connectivity index (χ0v) is 16.0. The number of piperidine rings is 2. The summed E-state index contributed by atoms with van der Waals surface area (Å²) in [6, 6.07) is -2.14. The number of fused-ring (bicyclic) bond motifs is 2. The number of esters is 1. The number of urea groups is 1. The molecule has 3 fully saturated rings. The number of hydrogen-bond donors (Lipinski definition) is 3. The average Bonchev–Trinajstić information content (AvgIpc) is 2.89. The monoisotopic (exact) mass is 420 g/mol. The first kappa shape index (κ1) is 20.8. The first-order valence-electron chi connectivity index (χ1n) is 9.18. The molecule has 0 spiro atoms. The van der Waals surface area contributed by atoms with E-state index in [2.05, 4.69) is 14.9 Å². The maximum absolute atomic E-state index is 12.4. The third-order valence-corrected chi connectivity index (χ3v) is 5.41. The SMILES string of the molecule is O=C(CNC(=O)[C@@H]1CC[C@@H]2CN1C(=O)N2OS(=O)(=O)O)OC[C@H]1CCCCN1. The van der Waals surface area contributed by atoms with Gasteiger partial charge in [-0.2, -0.15) is 13.5 Å². The van der Waals surface area contributed by atoms with Crippen LogP contribution in [-0.2, 0) is 29.0 Å². The summed E-state index contributed by atoms with van der Waals surface area (Å²) in [5.41, 5.74) is 0. The molecule has 3 atom stereocenters. The van der Waals surface area contributed by atoms with Gasteiger partial charge in [0.1, 0.15) is 19.2 Å². The molecule has 0 aliphatic carbocycles. The van der Waals surface area contributed by atoms with Gasteiger partial charge in [0.25, 0.3) is 0 Å². The van der Waals surface area contributed by atoms with Crippen LogP contribution in [0.5, 0.6) is 0 Å². The van der Waals surface area contributed by atoms with Gasteiger partial charge in [0.2, 0.25) is 5.91 Å². The minimum Gasteiger partial charge on any atom is -0.463 e. The molecule has 2 bridgehead atoms. The van der Waals surface area contributed by atoms with Gasteiger partial charge in [0.15, 0.2) is 0 Å². The smallest absolute Gasteiger partial charge is 0.418 e. The molecule has 3 heterocycles. The Labute approximate surface area is 162 Å². The van der Waals surface area contributed by atoms with Gasteiger partial charge in [0.05, 0.1) is 6.04 Å². The number of nitrogens with zero attached hydrogens (tertiary/aromatic N) is 2. The molecule has 28 heavy (non-hydrogen) atoms. The van der Waals surface area contributed by atoms with Crippen LogP contribution < -0.4 is 10.6 Å². The highest BCUT2D eigenvalue weighted by atomic mass is 32.3. The summed E-state index contributed by atoms with van der Waals surface area (Å²) in [4.78, 5) is 37.6. The Hall–Kier alpha value is -1.96. The molecule has 0 saturated carbocycles. The van der Waals surface area contributed by atoms with E-state index in [0.29, 0.717) is 11.5 Å². The number of hydroxylamine groups is 2. The summed E-state index contributed by atoms with van der Waals surface area (Å²) in [5, 5.41) is 6.26. The Bertz CT molecular complexity index is 724. The fourth-order valence-electron chi connectivity index (χ4n) is 3.69. The molecule has 3 rings (SSSR count). The Morgan fingerprint density at radius 3 is 2.71 bits per heavy atom. The minimum atomic E-state index is -4.84. The van der Waals surface area contributed by atoms with E-state index in [1.165, 1.54) is 0 Å². The second-order valence-corrected chi connectivity index (χ2v) is 8.06. The van der Waals surface area contributed by atoms with Gasteiger partial charge in [-0.15, -0.1) is 4.28 Å². The highest BCUT2D eigenvalue weighted by molar-refractivity contribution is 7.80. The van der Waals surface area contributed by atoms with E-state index < -0.39 is 40.4 Å². The van der Waals surface area contributed by atoms with Gasteiger partial charge in [-0.25, -0.2) is 4.79 Å². The number of ether oxygens (including phenoxy) is 1. The summed E-state index contributed by atoms with van der Waals surface area (Å²) >= 11 is 0. The third-order valence-electron chi connectivity index (χ3n) is 5.06. The molecular formula is C15H24N4O8S. The number of carbonyl (C=O) groups excluding carboxylic acids is 3. The topological polar surface area (TPSA) is 155 Å². The lowest BCUT2D eigenvalue weighted by Crippen LogP contribution is -2.50. The predicted molar refractivity (Wildman–Crippen MR) is 93.0 cm³/mol. The van der Waals surface area contributed by atoms with E-state index in [4.69, 9.17) is 9.29 Å². The van der Waals surface area contributed by atoms with Crippen molar-refractivity contribution in [3.63, 3.8) is 0 Å². The quantitative estimate of drug-likeness (QED) is 0.340. The van der Waals surface area contributed by atoms with Gasteiger partial charge >= 0.3 is 22.4 Å². The molecular weight excluding hydrogens is 396 g/mol. The fraction of sp³-hybridized carbons (Fsp3) is 0.800. The van der Waals surface area contributed by atoms with E-state index in [1.54, 1.807) is 0 Å². The Balaban J connectivity index is 1.46. The van der Waals surface area contributed by atoms with E-state index in [0.717, 1.165) is 30.7 Å². The van der Waals surface area contributed by atoms with Gasteiger partial charge in [-0.3, -0.25) is 14.1 Å². The van der Waals surface area contributed by atoms with Crippen LogP contribution >= 0.6 is 0 Å². The van der Waals surface area contributed by atoms with E-state index in [9.17, 15) is 22.8 Å². The molecule has 0 radical (unpaired) electrons. The molecule has 0 unspecified atom stereocenters. The van der Waals surface area contributed by atoms with E-state index in [-0.39, 0.29) is 32.2 Å². The molecule has 0 aromatic heterocycles. The van der Waals surface area contributed by atoms with Crippen molar-refractivity contribution in [2.45, 2.75) is 50.2 Å². The van der Waals surface area contributed by atoms with Crippen molar-refractivity contribution in [3.05, 3.63) is 0 Å². The highest BCUT2D eigenvalue weighted by Gasteiger charge is 2.49. The maximum atomic E-state index is 12.4. The first-order chi connectivity index (χ1) is 13.2. The van der Waals surface area contributed by atoms with Gasteiger partial charge in [-0.1, -0.05) is 6.42 Å². The van der Waals surface area contributed by atoms with Crippen molar-refractivity contribution < 1.29 is 36.4 Å². The number of hydrogen-bond acceptors (Lipinski definition) is 8. The van der Waals surface area contributed by atoms with Crippen LogP contribution in [0.3, 0.4) is 0 Å². The van der Waals surface area contributed by atoms with Gasteiger partial charge in [-0.05, 0) is 32.2 Å². The van der Waals surface area contributed by atoms with Crippen molar-refractivity contribution in [2.24, 2.45) is 0 Å². The Morgan fingerprint density at radius 1 is 1.25 bits per heavy atom. The zero-order valence-electron chi connectivity index (χ0n) is 15.2. The second kappa shape index (κ2) is 8.59. The predicted octanol–water partition coefficient (Wildman–Crippen LogP) is -1.21. The van der Waals surface area contributed by atoms with Gasteiger partial charge < -0.3 is 20.3 Å². The number of nitrogens with one attached hydrogen (secondary N) is 2. The van der Waals surface area contributed by atoms with Crippen LogP contribution in [0, 0.1) is 0 Å². The molecule has 3 aliphatic heterocycles. The molecule has 0 aromatic carbocycles. The second-order valence-electron chi connectivity index (χ2n) is 7.06. The minimum absolute atomic E-state index is 0.0875. The summed E-state index contributed by atoms with van der Waals surface area (Å²) in [5.74, 6) is -1.10. The number of carbonyl (C=O) groups is 3. The van der Waals surface area contributed by atoms with Crippen molar-refractivity contribution in [1.29, 1.82) is 0 Å². The summed E-state index contributed by atoms with van der Waals surface area (Å²) < 4.78 is 40.0. The normalized spacial score (nSPS) is 27.6. The summed E-state index contributed by atoms with van der Waals surface area (Å²) in [6.45, 7) is 0.902. The maximum Gasteiger partial charge on any atom is 0.418 e. The molecule has 13 heteroatoms. The molecule has 3 saturated heterocycles. The first-order valence-corrected chi connectivity index (χ1v) is 10.5. The molecule has 3 amide bonds. The lowest BCUT2D eigenvalue weighted by atomic mass is 10.0. The van der Waals surface area contributed by atoms with Crippen molar-refractivity contribution >= 4 is 28.3 Å². The molecule has 3 aliphatic rings. The zero-order chi connectivity index (χ0) is 20.3. The third kappa shape index (κ3) is 5.10. The standard InChI is InChI=1S/C15H24N4O8S/c20-13(26-9-10-3-1-2-6-16-10)7-17-14(21)12-5-4-11-8-18(12)15(22)19(11)27-28(23,24)25/h10-12,16H,1-9H2,(H,17,21)(H,23,24,25)/t10-,11-,12+/m1/s1. The van der Waals surface area contributed by atoms with E-state index in [1.807, 2.05) is 0 Å². The summed E-state index contributed by atoms with van der Waals surface area (Å²) in [7, 11) is -4.84. The molecule has 158 valence electrons. The van der Waals surface area contributed by atoms with Crippen LogP contribution in [0.15, 0.2) is 0 Å². The average molecular weight is 420 g/mol. The number of amides is 3. The summed E-state index contributed by atoms with van der Waals surface area (Å²) in [6.07, 6.45) is 3.70. The van der Waals surface area contributed by atoms with Crippen LogP contribution in [0.1, 0.15) is 32.1 Å². The Morgan fingerprint density at radius 2 is 2.04 bits per heavy atom. The largest absolute Gasteiger partial charge is 0.463 e.